The third kappa shape index (κ3) is 3.22. The van der Waals surface area contributed by atoms with Gasteiger partial charge in [-0.25, -0.2) is 8.78 Å². The molecule has 1 saturated heterocycles. The number of ether oxygens (including phenoxy) is 1. The number of carbonyl (C=O) groups is 1. The quantitative estimate of drug-likeness (QED) is 0.513. The molecule has 1 saturated carbocycles. The molecule has 6 rings (SSSR count). The smallest absolute Gasteiger partial charge is 0.274 e. The maximum absolute atomic E-state index is 14.5. The Bertz CT molecular complexity index is 1350. The first-order valence-electron chi connectivity index (χ1n) is 12.0. The van der Waals surface area contributed by atoms with E-state index < -0.39 is 17.0 Å². The second-order valence-corrected chi connectivity index (χ2v) is 10.7. The Kier molecular flexibility index (Phi) is 5.35. The SMILES string of the molecule is CC1(C)C2CCC1(C1CN(C(=O)c3ccc(Cl)nn3)CCO1)c1nnc(-c3c(F)cccc3F)cc12. The Morgan fingerprint density at radius 3 is 2.61 bits per heavy atom. The Morgan fingerprint density at radius 1 is 1.11 bits per heavy atom. The first kappa shape index (κ1) is 23.4. The molecule has 3 aromatic rings. The van der Waals surface area contributed by atoms with E-state index in [-0.39, 0.29) is 45.4 Å². The summed E-state index contributed by atoms with van der Waals surface area (Å²) in [5.74, 6) is -1.44. The predicted octanol–water partition coefficient (Wildman–Crippen LogP) is 4.56. The summed E-state index contributed by atoms with van der Waals surface area (Å²) in [6.07, 6.45) is 1.40. The van der Waals surface area contributed by atoms with Gasteiger partial charge in [0.2, 0.25) is 0 Å². The summed E-state index contributed by atoms with van der Waals surface area (Å²) in [5.41, 5.74) is 1.25. The van der Waals surface area contributed by atoms with Crippen molar-refractivity contribution in [3.05, 3.63) is 70.1 Å². The van der Waals surface area contributed by atoms with Crippen LogP contribution in [0, 0.1) is 17.0 Å². The van der Waals surface area contributed by atoms with Crippen LogP contribution in [0.25, 0.3) is 11.3 Å². The summed E-state index contributed by atoms with van der Waals surface area (Å²) < 4.78 is 35.3. The number of benzene rings is 1. The molecule has 2 aliphatic carbocycles. The fourth-order valence-electron chi connectivity index (χ4n) is 6.67. The molecule has 3 aliphatic rings. The largest absolute Gasteiger partial charge is 0.374 e. The summed E-state index contributed by atoms with van der Waals surface area (Å²) in [6, 6.07) is 8.66. The number of carbonyl (C=O) groups excluding carboxylic acids is 1. The molecule has 0 spiro atoms. The van der Waals surface area contributed by atoms with Gasteiger partial charge in [0.25, 0.3) is 5.91 Å². The Labute approximate surface area is 211 Å². The van der Waals surface area contributed by atoms with Crippen LogP contribution in [-0.4, -0.2) is 57.0 Å². The number of aromatic nitrogens is 4. The number of hydrogen-bond acceptors (Lipinski definition) is 6. The fourth-order valence-corrected chi connectivity index (χ4v) is 6.77. The van der Waals surface area contributed by atoms with Crippen molar-refractivity contribution < 1.29 is 18.3 Å². The van der Waals surface area contributed by atoms with Crippen LogP contribution in [-0.2, 0) is 10.2 Å². The van der Waals surface area contributed by atoms with Crippen molar-refractivity contribution in [2.75, 3.05) is 19.7 Å². The second-order valence-electron chi connectivity index (χ2n) is 10.3. The highest BCUT2D eigenvalue weighted by Crippen LogP contribution is 2.69. The Balaban J connectivity index is 1.37. The molecule has 2 bridgehead atoms. The van der Waals surface area contributed by atoms with E-state index in [4.69, 9.17) is 16.3 Å². The summed E-state index contributed by atoms with van der Waals surface area (Å²) in [6.45, 7) is 5.55. The Hall–Kier alpha value is -3.04. The van der Waals surface area contributed by atoms with Gasteiger partial charge in [-0.1, -0.05) is 31.5 Å². The van der Waals surface area contributed by atoms with Gasteiger partial charge in [0.1, 0.15) is 11.6 Å². The molecule has 3 heterocycles. The van der Waals surface area contributed by atoms with Crippen molar-refractivity contribution in [3.8, 4) is 11.3 Å². The predicted molar refractivity (Wildman–Crippen MR) is 128 cm³/mol. The van der Waals surface area contributed by atoms with E-state index in [0.717, 1.165) is 24.1 Å². The summed E-state index contributed by atoms with van der Waals surface area (Å²) in [5, 5.41) is 16.8. The summed E-state index contributed by atoms with van der Waals surface area (Å²) >= 11 is 5.83. The molecule has 2 aromatic heterocycles. The number of amides is 1. The van der Waals surface area contributed by atoms with E-state index in [2.05, 4.69) is 34.2 Å². The molecule has 0 radical (unpaired) electrons. The molecule has 2 fully saturated rings. The van der Waals surface area contributed by atoms with E-state index in [1.807, 2.05) is 0 Å². The number of nitrogens with zero attached hydrogens (tertiary/aromatic N) is 5. The van der Waals surface area contributed by atoms with E-state index in [0.29, 0.717) is 19.7 Å². The highest BCUT2D eigenvalue weighted by atomic mass is 35.5. The minimum atomic E-state index is -0.670. The van der Waals surface area contributed by atoms with Crippen LogP contribution in [0.15, 0.2) is 36.4 Å². The second kappa shape index (κ2) is 8.24. The average molecular weight is 512 g/mol. The maximum atomic E-state index is 14.5. The van der Waals surface area contributed by atoms with Crippen LogP contribution in [0.5, 0.6) is 0 Å². The molecule has 3 atom stereocenters. The van der Waals surface area contributed by atoms with Crippen molar-refractivity contribution in [3.63, 3.8) is 0 Å². The molecule has 7 nitrogen and oxygen atoms in total. The van der Waals surface area contributed by atoms with Gasteiger partial charge in [-0.05, 0) is 60.1 Å². The molecular formula is C26H24ClF2N5O2. The van der Waals surface area contributed by atoms with Crippen LogP contribution in [0.3, 0.4) is 0 Å². The van der Waals surface area contributed by atoms with Gasteiger partial charge in [-0.2, -0.15) is 10.2 Å². The zero-order valence-corrected chi connectivity index (χ0v) is 20.6. The maximum Gasteiger partial charge on any atom is 0.274 e. The van der Waals surface area contributed by atoms with Gasteiger partial charge in [-0.3, -0.25) is 4.79 Å². The van der Waals surface area contributed by atoms with Crippen molar-refractivity contribution >= 4 is 17.5 Å². The minimum Gasteiger partial charge on any atom is -0.374 e. The van der Waals surface area contributed by atoms with Crippen molar-refractivity contribution in [1.82, 2.24) is 25.3 Å². The van der Waals surface area contributed by atoms with Gasteiger partial charge in [0, 0.05) is 18.5 Å². The molecular weight excluding hydrogens is 488 g/mol. The summed E-state index contributed by atoms with van der Waals surface area (Å²) in [7, 11) is 0. The van der Waals surface area contributed by atoms with Crippen molar-refractivity contribution in [2.24, 2.45) is 5.41 Å². The lowest BCUT2D eigenvalue weighted by Gasteiger charge is -2.47. The highest BCUT2D eigenvalue weighted by molar-refractivity contribution is 6.29. The normalized spacial score (nSPS) is 26.2. The highest BCUT2D eigenvalue weighted by Gasteiger charge is 2.67. The molecule has 1 aliphatic heterocycles. The average Bonchev–Trinajstić information content (AvgIpc) is 3.25. The lowest BCUT2D eigenvalue weighted by molar-refractivity contribution is -0.0842. The number of morpholine rings is 1. The van der Waals surface area contributed by atoms with E-state index >= 15 is 0 Å². The van der Waals surface area contributed by atoms with Crippen LogP contribution >= 0.6 is 11.6 Å². The molecule has 0 N–H and O–H groups in total. The van der Waals surface area contributed by atoms with Crippen LogP contribution in [0.1, 0.15) is 54.4 Å². The van der Waals surface area contributed by atoms with Crippen LogP contribution in [0.4, 0.5) is 8.78 Å². The number of rotatable bonds is 3. The van der Waals surface area contributed by atoms with E-state index in [9.17, 15) is 13.6 Å². The van der Waals surface area contributed by atoms with Gasteiger partial charge in [0.05, 0.1) is 29.7 Å². The lowest BCUT2D eigenvalue weighted by Crippen LogP contribution is -2.57. The third-order valence-electron chi connectivity index (χ3n) is 8.44. The molecule has 10 heteroatoms. The monoisotopic (exact) mass is 511 g/mol. The van der Waals surface area contributed by atoms with Crippen LogP contribution < -0.4 is 0 Å². The van der Waals surface area contributed by atoms with E-state index in [1.165, 1.54) is 18.2 Å². The molecule has 186 valence electrons. The topological polar surface area (TPSA) is 81.1 Å². The minimum absolute atomic E-state index is 0.133. The van der Waals surface area contributed by atoms with Gasteiger partial charge >= 0.3 is 0 Å². The molecule has 1 aromatic carbocycles. The van der Waals surface area contributed by atoms with Gasteiger partial charge in [-0.15, -0.1) is 10.2 Å². The number of fused-ring (bicyclic) bond motifs is 5. The van der Waals surface area contributed by atoms with Crippen molar-refractivity contribution in [1.29, 1.82) is 0 Å². The molecule has 1 amide bonds. The van der Waals surface area contributed by atoms with Gasteiger partial charge < -0.3 is 9.64 Å². The standard InChI is InChI=1S/C26H24ClF2N5O2/c1-25(2)15-8-9-26(25,20-13-34(10-11-36-20)24(35)18-6-7-21(27)32-30-18)23-14(15)12-19(31-33-23)22-16(28)4-3-5-17(22)29/h3-7,12,15,20H,8-11,13H2,1-2H3. The zero-order chi connectivity index (χ0) is 25.2. The first-order chi connectivity index (χ1) is 17.2. The molecule has 3 unspecified atom stereocenters. The first-order valence-corrected chi connectivity index (χ1v) is 12.3. The Morgan fingerprint density at radius 2 is 1.89 bits per heavy atom. The molecule has 36 heavy (non-hydrogen) atoms. The number of hydrogen-bond donors (Lipinski definition) is 0. The number of halogens is 3. The van der Waals surface area contributed by atoms with Gasteiger partial charge in [0.15, 0.2) is 10.8 Å². The van der Waals surface area contributed by atoms with Crippen molar-refractivity contribution in [2.45, 2.75) is 44.1 Å². The lowest BCUT2D eigenvalue weighted by atomic mass is 9.64. The fraction of sp³-hybridized carbons (Fsp3) is 0.423. The van der Waals surface area contributed by atoms with E-state index in [1.54, 1.807) is 23.1 Å². The van der Waals surface area contributed by atoms with Crippen LogP contribution in [0.2, 0.25) is 5.15 Å². The zero-order valence-electron chi connectivity index (χ0n) is 19.8. The third-order valence-corrected chi connectivity index (χ3v) is 8.64. The summed E-state index contributed by atoms with van der Waals surface area (Å²) in [4.78, 5) is 14.9.